The highest BCUT2D eigenvalue weighted by atomic mass is 14.7. The molecule has 3 nitrogen and oxygen atoms in total. The van der Waals surface area contributed by atoms with Crippen molar-refractivity contribution in [3.63, 3.8) is 0 Å². The van der Waals surface area contributed by atoms with E-state index in [0.29, 0.717) is 6.54 Å². The van der Waals surface area contributed by atoms with Crippen molar-refractivity contribution < 1.29 is 0 Å². The molecule has 0 bridgehead atoms. The smallest absolute Gasteiger partial charge is 0.0783 e. The van der Waals surface area contributed by atoms with Crippen LogP contribution in [0.3, 0.4) is 0 Å². The van der Waals surface area contributed by atoms with E-state index >= 15 is 0 Å². The summed E-state index contributed by atoms with van der Waals surface area (Å²) >= 11 is 0. The lowest BCUT2D eigenvalue weighted by Crippen LogP contribution is -1.99. The van der Waals surface area contributed by atoms with Gasteiger partial charge in [0.05, 0.1) is 5.69 Å². The van der Waals surface area contributed by atoms with Gasteiger partial charge in [-0.3, -0.25) is 4.98 Å². The summed E-state index contributed by atoms with van der Waals surface area (Å²) in [4.78, 5) is 4.52. The van der Waals surface area contributed by atoms with Crippen molar-refractivity contribution in [1.82, 2.24) is 4.98 Å². The fraction of sp³-hybridized carbons (Fsp3) is 0.0625. The summed E-state index contributed by atoms with van der Waals surface area (Å²) in [5.74, 6) is 0. The van der Waals surface area contributed by atoms with Crippen LogP contribution < -0.4 is 11.5 Å². The number of nitrogens with two attached hydrogens (primary N) is 2. The van der Waals surface area contributed by atoms with Crippen LogP contribution in [0.25, 0.3) is 22.0 Å². The zero-order valence-electron chi connectivity index (χ0n) is 10.5. The first-order valence-electron chi connectivity index (χ1n) is 6.22. The van der Waals surface area contributed by atoms with Gasteiger partial charge in [0, 0.05) is 29.4 Å². The molecule has 2 aromatic carbocycles. The summed E-state index contributed by atoms with van der Waals surface area (Å²) in [7, 11) is 0. The Hall–Kier alpha value is -2.39. The fourth-order valence-corrected chi connectivity index (χ4v) is 2.34. The first-order chi connectivity index (χ1) is 9.29. The lowest BCUT2D eigenvalue weighted by atomic mass is 9.99. The highest BCUT2D eigenvalue weighted by Gasteiger charge is 2.08. The van der Waals surface area contributed by atoms with E-state index in [1.165, 1.54) is 0 Å². The summed E-state index contributed by atoms with van der Waals surface area (Å²) in [6, 6.07) is 15.9. The van der Waals surface area contributed by atoms with Gasteiger partial charge in [0.1, 0.15) is 0 Å². The lowest BCUT2D eigenvalue weighted by molar-refractivity contribution is 1.07. The van der Waals surface area contributed by atoms with E-state index in [1.807, 2.05) is 48.7 Å². The van der Waals surface area contributed by atoms with Gasteiger partial charge < -0.3 is 11.5 Å². The Morgan fingerprint density at radius 2 is 1.84 bits per heavy atom. The Labute approximate surface area is 111 Å². The minimum atomic E-state index is 0.503. The van der Waals surface area contributed by atoms with Crippen LogP contribution >= 0.6 is 0 Å². The molecule has 4 N–H and O–H groups in total. The van der Waals surface area contributed by atoms with Crippen molar-refractivity contribution in [2.24, 2.45) is 5.73 Å². The first kappa shape index (κ1) is 11.7. The average molecular weight is 249 g/mol. The summed E-state index contributed by atoms with van der Waals surface area (Å²) in [5, 5.41) is 2.19. The van der Waals surface area contributed by atoms with E-state index in [-0.39, 0.29) is 0 Å². The Balaban J connectivity index is 2.31. The van der Waals surface area contributed by atoms with Gasteiger partial charge in [-0.2, -0.15) is 0 Å². The minimum absolute atomic E-state index is 0.503. The molecule has 0 saturated carbocycles. The predicted octanol–water partition coefficient (Wildman–Crippen LogP) is 2.94. The van der Waals surface area contributed by atoms with Gasteiger partial charge in [0.15, 0.2) is 0 Å². The molecule has 3 aromatic rings. The van der Waals surface area contributed by atoms with Gasteiger partial charge in [-0.15, -0.1) is 0 Å². The number of benzene rings is 2. The van der Waals surface area contributed by atoms with Crippen LogP contribution in [0, 0.1) is 0 Å². The molecule has 3 heteroatoms. The molecule has 0 radical (unpaired) electrons. The third-order valence-corrected chi connectivity index (χ3v) is 3.28. The van der Waals surface area contributed by atoms with Gasteiger partial charge in [-0.25, -0.2) is 0 Å². The number of anilines is 1. The van der Waals surface area contributed by atoms with Crippen LogP contribution in [0.2, 0.25) is 0 Å². The molecule has 0 unspecified atom stereocenters. The van der Waals surface area contributed by atoms with Crippen molar-refractivity contribution in [3.05, 3.63) is 60.3 Å². The standard InChI is InChI=1S/C16H15N3/c17-10-12-3-1-2-4-14(12)16-15-6-5-13(18)9-11(15)7-8-19-16/h1-9H,10,17-18H2. The van der Waals surface area contributed by atoms with Crippen LogP contribution in [0.15, 0.2) is 54.7 Å². The SMILES string of the molecule is NCc1ccccc1-c1nccc2cc(N)ccc12. The van der Waals surface area contributed by atoms with Gasteiger partial charge in [-0.1, -0.05) is 30.3 Å². The maximum absolute atomic E-state index is 5.83. The highest BCUT2D eigenvalue weighted by molar-refractivity contribution is 5.96. The fourth-order valence-electron chi connectivity index (χ4n) is 2.34. The van der Waals surface area contributed by atoms with E-state index in [1.54, 1.807) is 0 Å². The number of fused-ring (bicyclic) bond motifs is 1. The highest BCUT2D eigenvalue weighted by Crippen LogP contribution is 2.29. The van der Waals surface area contributed by atoms with Crippen LogP contribution in [0.5, 0.6) is 0 Å². The molecule has 1 heterocycles. The topological polar surface area (TPSA) is 64.9 Å². The maximum Gasteiger partial charge on any atom is 0.0783 e. The van der Waals surface area contributed by atoms with Gasteiger partial charge >= 0.3 is 0 Å². The largest absolute Gasteiger partial charge is 0.399 e. The molecule has 0 aliphatic heterocycles. The zero-order valence-corrected chi connectivity index (χ0v) is 10.5. The Bertz CT molecular complexity index is 735. The van der Waals surface area contributed by atoms with E-state index < -0.39 is 0 Å². The normalized spacial score (nSPS) is 10.8. The molecule has 94 valence electrons. The molecule has 0 fully saturated rings. The predicted molar refractivity (Wildman–Crippen MR) is 79.5 cm³/mol. The van der Waals surface area contributed by atoms with Crippen molar-refractivity contribution in [1.29, 1.82) is 0 Å². The Morgan fingerprint density at radius 1 is 1.00 bits per heavy atom. The quantitative estimate of drug-likeness (QED) is 0.686. The number of rotatable bonds is 2. The summed E-state index contributed by atoms with van der Waals surface area (Å²) in [6.45, 7) is 0.503. The second kappa shape index (κ2) is 4.71. The molecule has 0 aliphatic carbocycles. The number of hydrogen-bond donors (Lipinski definition) is 2. The van der Waals surface area contributed by atoms with Crippen LogP contribution in [0.4, 0.5) is 5.69 Å². The Kier molecular flexibility index (Phi) is 2.89. The molecule has 3 rings (SSSR count). The van der Waals surface area contributed by atoms with E-state index in [9.17, 15) is 0 Å². The molecule has 1 aromatic heterocycles. The van der Waals surface area contributed by atoms with Crippen molar-refractivity contribution in [2.45, 2.75) is 6.54 Å². The third kappa shape index (κ3) is 2.04. The van der Waals surface area contributed by atoms with E-state index in [2.05, 4.69) is 11.1 Å². The van der Waals surface area contributed by atoms with Gasteiger partial charge in [-0.05, 0) is 29.1 Å². The van der Waals surface area contributed by atoms with Crippen molar-refractivity contribution in [2.75, 3.05) is 5.73 Å². The van der Waals surface area contributed by atoms with Gasteiger partial charge in [0.25, 0.3) is 0 Å². The van der Waals surface area contributed by atoms with Crippen molar-refractivity contribution >= 4 is 16.5 Å². The van der Waals surface area contributed by atoms with Crippen LogP contribution in [-0.2, 0) is 6.54 Å². The van der Waals surface area contributed by atoms with Crippen LogP contribution in [-0.4, -0.2) is 4.98 Å². The molecule has 0 atom stereocenters. The first-order valence-corrected chi connectivity index (χ1v) is 6.22. The zero-order chi connectivity index (χ0) is 13.2. The molecule has 19 heavy (non-hydrogen) atoms. The number of hydrogen-bond acceptors (Lipinski definition) is 3. The molecule has 0 amide bonds. The number of pyridine rings is 1. The van der Waals surface area contributed by atoms with Crippen molar-refractivity contribution in [3.8, 4) is 11.3 Å². The summed E-state index contributed by atoms with van der Waals surface area (Å²) in [5.41, 5.74) is 15.5. The van der Waals surface area contributed by atoms with Gasteiger partial charge in [0.2, 0.25) is 0 Å². The third-order valence-electron chi connectivity index (χ3n) is 3.28. The molecule has 0 aliphatic rings. The number of aromatic nitrogens is 1. The molecule has 0 saturated heterocycles. The Morgan fingerprint density at radius 3 is 2.68 bits per heavy atom. The molecule has 0 spiro atoms. The maximum atomic E-state index is 5.83. The summed E-state index contributed by atoms with van der Waals surface area (Å²) in [6.07, 6.45) is 1.81. The second-order valence-corrected chi connectivity index (χ2v) is 4.50. The molecular weight excluding hydrogens is 234 g/mol. The summed E-state index contributed by atoms with van der Waals surface area (Å²) < 4.78 is 0. The number of nitrogen functional groups attached to an aromatic ring is 1. The van der Waals surface area contributed by atoms with Crippen LogP contribution in [0.1, 0.15) is 5.56 Å². The lowest BCUT2D eigenvalue weighted by Gasteiger charge is -2.10. The monoisotopic (exact) mass is 249 g/mol. The van der Waals surface area contributed by atoms with E-state index in [0.717, 1.165) is 33.3 Å². The second-order valence-electron chi connectivity index (χ2n) is 4.50. The molecular formula is C16H15N3. The minimum Gasteiger partial charge on any atom is -0.399 e. The average Bonchev–Trinajstić information content (AvgIpc) is 2.46. The van der Waals surface area contributed by atoms with E-state index in [4.69, 9.17) is 11.5 Å². The number of nitrogens with zero attached hydrogens (tertiary/aromatic N) is 1.